The van der Waals surface area contributed by atoms with E-state index in [0.29, 0.717) is 61.6 Å². The molecule has 0 aliphatic carbocycles. The van der Waals surface area contributed by atoms with Crippen molar-refractivity contribution in [2.75, 3.05) is 114 Å². The van der Waals surface area contributed by atoms with Gasteiger partial charge in [-0.05, 0) is 186 Å². The summed E-state index contributed by atoms with van der Waals surface area (Å²) in [6.07, 6.45) is 17.9. The number of nitrogens with two attached hydrogens (primary N) is 1. The van der Waals surface area contributed by atoms with E-state index in [-0.39, 0.29) is 22.9 Å². The number of hydrogen-bond acceptors (Lipinski definition) is 19. The Morgan fingerprint density at radius 2 is 0.976 bits per heavy atom. The second-order valence-corrected chi connectivity index (χ2v) is 22.0. The smallest absolute Gasteiger partial charge is 0.273 e. The third-order valence-corrected chi connectivity index (χ3v) is 16.1. The number of likely N-dealkylation sites (tertiary alicyclic amines) is 4. The van der Waals surface area contributed by atoms with E-state index in [1.165, 1.54) is 109 Å². The third kappa shape index (κ3) is 22.8. The molecule has 0 radical (unpaired) electrons. The molecule has 4 unspecified atom stereocenters. The molecule has 4 atom stereocenters. The summed E-state index contributed by atoms with van der Waals surface area (Å²) in [5, 5.41) is 30.1. The SMILES string of the molecule is CCc1ccnc(Cc2ccc(OC)c(OCCC3CCCN3C)c2)n1.CN1CCCC1CCCl.COc1ccc(N)cc1OCCC1CCCN1C.COc1ccc([N+](=O)[O-])cc1O.COc1ccc([N+](=O)[O-])cc1OCCC1CCCN1C. The third-order valence-electron chi connectivity index (χ3n) is 15.9. The minimum Gasteiger partial charge on any atom is -0.504 e. The van der Waals surface area contributed by atoms with E-state index in [1.807, 2.05) is 36.5 Å². The number of anilines is 1. The number of phenols is 1. The monoisotopic (exact) mass is 1200 g/mol. The lowest BCUT2D eigenvalue weighted by molar-refractivity contribution is -0.385. The number of aryl methyl sites for hydroxylation is 1. The van der Waals surface area contributed by atoms with Crippen LogP contribution in [-0.2, 0) is 12.8 Å². The van der Waals surface area contributed by atoms with E-state index >= 15 is 0 Å². The molecule has 0 amide bonds. The molecule has 4 aliphatic heterocycles. The van der Waals surface area contributed by atoms with Crippen LogP contribution in [0.4, 0.5) is 17.1 Å². The van der Waals surface area contributed by atoms with Gasteiger partial charge in [0.2, 0.25) is 0 Å². The predicted molar refractivity (Wildman–Crippen MR) is 334 cm³/mol. The van der Waals surface area contributed by atoms with Gasteiger partial charge < -0.3 is 63.6 Å². The number of benzene rings is 4. The van der Waals surface area contributed by atoms with E-state index in [1.54, 1.807) is 20.3 Å². The number of phenolic OH excluding ortho intramolecular Hbond substituents is 1. The Balaban J connectivity index is 0.000000202. The summed E-state index contributed by atoms with van der Waals surface area (Å²) in [5.41, 5.74) is 8.51. The fourth-order valence-corrected chi connectivity index (χ4v) is 11.0. The van der Waals surface area contributed by atoms with E-state index in [9.17, 15) is 20.2 Å². The van der Waals surface area contributed by atoms with Crippen molar-refractivity contribution in [1.82, 2.24) is 29.6 Å². The average Bonchev–Trinajstić information content (AvgIpc) is 4.40. The zero-order chi connectivity index (χ0) is 61.7. The van der Waals surface area contributed by atoms with Crippen molar-refractivity contribution in [3.05, 3.63) is 122 Å². The number of aromatic hydroxyl groups is 1. The molecule has 4 fully saturated rings. The first-order valence-electron chi connectivity index (χ1n) is 29.5. The Kier molecular flexibility index (Phi) is 29.8. The number of alkyl halides is 1. The van der Waals surface area contributed by atoms with Crippen molar-refractivity contribution < 1.29 is 48.1 Å². The lowest BCUT2D eigenvalue weighted by Crippen LogP contribution is -2.26. The number of non-ortho nitro benzene ring substituents is 2. The van der Waals surface area contributed by atoms with Gasteiger partial charge in [0.05, 0.1) is 70.2 Å². The van der Waals surface area contributed by atoms with E-state index in [4.69, 9.17) is 55.6 Å². The van der Waals surface area contributed by atoms with Crippen molar-refractivity contribution >= 4 is 28.7 Å². The molecular weight excluding hydrogens is 1110 g/mol. The van der Waals surface area contributed by atoms with Gasteiger partial charge in [-0.2, -0.15) is 0 Å². The largest absolute Gasteiger partial charge is 0.504 e. The fourth-order valence-electron chi connectivity index (χ4n) is 10.8. The number of nitrogen functional groups attached to an aromatic ring is 1. The second kappa shape index (κ2) is 36.8. The first-order valence-corrected chi connectivity index (χ1v) is 30.0. The van der Waals surface area contributed by atoms with Gasteiger partial charge in [0, 0.05) is 72.2 Å². The van der Waals surface area contributed by atoms with Gasteiger partial charge in [0.15, 0.2) is 46.0 Å². The van der Waals surface area contributed by atoms with E-state index < -0.39 is 9.85 Å². The van der Waals surface area contributed by atoms with Gasteiger partial charge in [0.25, 0.3) is 11.4 Å². The van der Waals surface area contributed by atoms with Crippen LogP contribution in [0.3, 0.4) is 0 Å². The van der Waals surface area contributed by atoms with Gasteiger partial charge in [-0.25, -0.2) is 9.97 Å². The summed E-state index contributed by atoms with van der Waals surface area (Å²) in [7, 11) is 14.9. The quantitative estimate of drug-likeness (QED) is 0.0268. The summed E-state index contributed by atoms with van der Waals surface area (Å²) in [6, 6.07) is 24.2. The molecule has 21 nitrogen and oxygen atoms in total. The molecule has 5 aromatic rings. The van der Waals surface area contributed by atoms with Gasteiger partial charge in [-0.15, -0.1) is 11.6 Å². The topological polar surface area (TPSA) is 236 Å². The molecule has 1 aromatic heterocycles. The molecule has 85 heavy (non-hydrogen) atoms. The van der Waals surface area contributed by atoms with E-state index in [2.05, 4.69) is 76.8 Å². The van der Waals surface area contributed by atoms with Crippen LogP contribution in [0.2, 0.25) is 0 Å². The van der Waals surface area contributed by atoms with Crippen molar-refractivity contribution in [3.63, 3.8) is 0 Å². The van der Waals surface area contributed by atoms with Crippen molar-refractivity contribution in [1.29, 1.82) is 0 Å². The maximum Gasteiger partial charge on any atom is 0.273 e. The van der Waals surface area contributed by atoms with Crippen LogP contribution < -0.4 is 38.9 Å². The number of aromatic nitrogens is 2. The highest BCUT2D eigenvalue weighted by Crippen LogP contribution is 2.34. The molecule has 5 heterocycles. The Morgan fingerprint density at radius 3 is 1.39 bits per heavy atom. The molecular formula is C63H92ClN9O12. The van der Waals surface area contributed by atoms with Crippen molar-refractivity contribution in [2.24, 2.45) is 0 Å². The summed E-state index contributed by atoms with van der Waals surface area (Å²) < 4.78 is 38.1. The maximum absolute atomic E-state index is 10.8. The summed E-state index contributed by atoms with van der Waals surface area (Å²) >= 11 is 5.62. The van der Waals surface area contributed by atoms with E-state index in [0.717, 1.165) is 96.7 Å². The zero-order valence-corrected chi connectivity index (χ0v) is 52.2. The molecule has 22 heteroatoms. The van der Waals surface area contributed by atoms with Crippen molar-refractivity contribution in [3.8, 4) is 46.0 Å². The summed E-state index contributed by atoms with van der Waals surface area (Å²) in [4.78, 5) is 38.5. The molecule has 0 spiro atoms. The fraction of sp³-hybridized carbons (Fsp3) is 0.556. The van der Waals surface area contributed by atoms with Crippen LogP contribution in [0, 0.1) is 20.2 Å². The molecule has 0 bridgehead atoms. The Morgan fingerprint density at radius 1 is 0.565 bits per heavy atom. The summed E-state index contributed by atoms with van der Waals surface area (Å²) in [6.45, 7) is 8.84. The van der Waals surface area contributed by atoms with Gasteiger partial charge >= 0.3 is 0 Å². The van der Waals surface area contributed by atoms with Crippen LogP contribution >= 0.6 is 11.6 Å². The number of nitro groups is 2. The normalized spacial score (nSPS) is 18.5. The van der Waals surface area contributed by atoms with Crippen LogP contribution in [0.15, 0.2) is 85.1 Å². The highest BCUT2D eigenvalue weighted by atomic mass is 35.5. The number of nitrogens with zero attached hydrogens (tertiary/aromatic N) is 8. The molecule has 4 aromatic carbocycles. The zero-order valence-electron chi connectivity index (χ0n) is 51.4. The molecule has 4 aliphatic rings. The maximum atomic E-state index is 10.8. The van der Waals surface area contributed by atoms with Gasteiger partial charge in [-0.3, -0.25) is 20.2 Å². The lowest BCUT2D eigenvalue weighted by Gasteiger charge is -2.20. The standard InChI is InChI=1S/C21H29N3O2.C14H20N2O4.C14H22N2O2.C7H14ClN.C7H7NO4/c1-4-17-9-11-22-21(23-17)15-16-7-8-19(25-3)20(14-16)26-13-10-18-6-5-12-24(18)2;1-15-8-3-4-11(15)7-9-20-14-10-12(16(17)18)5-6-13(14)19-2;1-16-8-3-4-12(16)7-9-18-14-10-11(15)5-6-13(14)17-2;1-9-6-2-3-7(9)4-5-8;1-12-7-3-2-5(8(10)11)4-6(7)9/h7-9,11,14,18H,4-6,10,12-13,15H2,1-3H3;5-6,10-11H,3-4,7-9H2,1-2H3;5-6,10,12H,3-4,7-9,15H2,1-2H3;7H,2-6H2,1H3;2-4,9H,1H3. The summed E-state index contributed by atoms with van der Waals surface area (Å²) in [5.74, 6) is 5.66. The van der Waals surface area contributed by atoms with Gasteiger partial charge in [0.1, 0.15) is 5.82 Å². The first-order chi connectivity index (χ1) is 41.0. The first kappa shape index (κ1) is 68.9. The second-order valence-electron chi connectivity index (χ2n) is 21.6. The lowest BCUT2D eigenvalue weighted by atomic mass is 10.1. The average molecular weight is 1200 g/mol. The number of ether oxygens (including phenoxy) is 7. The van der Waals surface area contributed by atoms with Crippen LogP contribution in [0.5, 0.6) is 46.0 Å². The molecule has 9 rings (SSSR count). The number of methoxy groups -OCH3 is 4. The van der Waals surface area contributed by atoms with Crippen molar-refractivity contribution in [2.45, 2.75) is 121 Å². The van der Waals surface area contributed by atoms with Crippen LogP contribution in [0.1, 0.15) is 101 Å². The highest BCUT2D eigenvalue weighted by Gasteiger charge is 2.24. The highest BCUT2D eigenvalue weighted by molar-refractivity contribution is 6.17. The number of halogens is 1. The molecule has 4 saturated heterocycles. The van der Waals surface area contributed by atoms with Crippen LogP contribution in [0.25, 0.3) is 0 Å². The number of nitro benzene ring substituents is 2. The van der Waals surface area contributed by atoms with Gasteiger partial charge in [-0.1, -0.05) is 13.0 Å². The predicted octanol–water partition coefficient (Wildman–Crippen LogP) is 11.1. The molecule has 0 saturated carbocycles. The Bertz CT molecular complexity index is 2800. The molecule has 3 N–H and O–H groups in total. The minimum absolute atomic E-state index is 0.0128. The Hall–Kier alpha value is -6.91. The van der Waals surface area contributed by atoms with Crippen LogP contribution in [-0.4, -0.2) is 177 Å². The number of rotatable bonds is 23. The Labute approximate surface area is 507 Å². The minimum atomic E-state index is -0.584. The molecule has 468 valence electrons. The number of hydrogen-bond donors (Lipinski definition) is 2.